The Bertz CT molecular complexity index is 2460. The number of hydrogen-bond donors (Lipinski definition) is 5. The Morgan fingerprint density at radius 3 is 2.56 bits per heavy atom. The number of aliphatic hydroxyl groups excluding tert-OH is 2. The van der Waals surface area contributed by atoms with E-state index in [0.29, 0.717) is 41.5 Å². The van der Waals surface area contributed by atoms with Gasteiger partial charge in [-0.3, -0.25) is 19.4 Å². The van der Waals surface area contributed by atoms with Gasteiger partial charge in [0.15, 0.2) is 11.6 Å². The number of rotatable bonds is 15. The minimum atomic E-state index is -0.926. The minimum Gasteiger partial charge on any atom is -0.507 e. The Kier molecular flexibility index (Phi) is 13.8. The zero-order valence-electron chi connectivity index (χ0n) is 37.8. The van der Waals surface area contributed by atoms with Gasteiger partial charge in [0.05, 0.1) is 52.3 Å². The van der Waals surface area contributed by atoms with E-state index in [9.17, 15) is 24.9 Å². The molecule has 4 aliphatic rings. The van der Waals surface area contributed by atoms with Crippen molar-refractivity contribution in [1.82, 2.24) is 40.4 Å². The highest BCUT2D eigenvalue weighted by atomic mass is 32.1. The first kappa shape index (κ1) is 45.5. The lowest BCUT2D eigenvalue weighted by Gasteiger charge is -2.47. The van der Waals surface area contributed by atoms with E-state index in [1.165, 1.54) is 4.90 Å². The van der Waals surface area contributed by atoms with Gasteiger partial charge >= 0.3 is 0 Å². The van der Waals surface area contributed by atoms with Gasteiger partial charge < -0.3 is 45.0 Å². The van der Waals surface area contributed by atoms with Crippen LogP contribution in [0.4, 0.5) is 11.5 Å². The van der Waals surface area contributed by atoms with Crippen molar-refractivity contribution in [2.75, 3.05) is 82.3 Å². The van der Waals surface area contributed by atoms with Crippen LogP contribution in [0.25, 0.3) is 21.7 Å². The molecule has 2 aromatic carbocycles. The Balaban J connectivity index is 0.731. The number of aliphatic hydroxyl groups is 2. The molecule has 17 nitrogen and oxygen atoms in total. The van der Waals surface area contributed by atoms with Crippen LogP contribution in [0.1, 0.15) is 62.1 Å². The number of carbonyl (C=O) groups excluding carboxylic acids is 2. The average molecular weight is 921 g/mol. The maximum atomic E-state index is 14.2. The predicted octanol–water partition coefficient (Wildman–Crippen LogP) is 4.53. The molecule has 3 fully saturated rings. The molecule has 18 heteroatoms. The molecule has 0 unspecified atom stereocenters. The Hall–Kier alpha value is -5.66. The van der Waals surface area contributed by atoms with E-state index in [4.69, 9.17) is 9.26 Å². The van der Waals surface area contributed by atoms with Crippen LogP contribution in [-0.2, 0) is 9.59 Å². The molecule has 0 radical (unpaired) electrons. The summed E-state index contributed by atoms with van der Waals surface area (Å²) in [7, 11) is 0. The second-order valence-electron chi connectivity index (χ2n) is 18.4. The molecule has 3 aromatic heterocycles. The quantitative estimate of drug-likeness (QED) is 0.0979. The highest BCUT2D eigenvalue weighted by Crippen LogP contribution is 2.37. The lowest BCUT2D eigenvalue weighted by molar-refractivity contribution is -0.141. The predicted molar refractivity (Wildman–Crippen MR) is 250 cm³/mol. The molecule has 0 bridgehead atoms. The molecular formula is C48H60N10O7S. The number of piperidine rings is 1. The zero-order valence-corrected chi connectivity index (χ0v) is 38.6. The third-order valence-electron chi connectivity index (χ3n) is 13.6. The number of thiazole rings is 1. The monoisotopic (exact) mass is 920 g/mol. The molecule has 4 aliphatic heterocycles. The highest BCUT2D eigenvalue weighted by Gasteiger charge is 2.44. The van der Waals surface area contributed by atoms with E-state index in [1.807, 2.05) is 63.2 Å². The van der Waals surface area contributed by atoms with Crippen molar-refractivity contribution in [2.24, 2.45) is 11.8 Å². The van der Waals surface area contributed by atoms with Gasteiger partial charge in [-0.15, -0.1) is 21.5 Å². The summed E-state index contributed by atoms with van der Waals surface area (Å²) in [6, 6.07) is 17.3. The van der Waals surface area contributed by atoms with Gasteiger partial charge in [0.25, 0.3) is 5.88 Å². The first-order chi connectivity index (χ1) is 32.0. The number of anilines is 2. The number of nitrogens with zero attached hydrogens (tertiary/aromatic N) is 8. The number of aromatic hydroxyl groups is 1. The Labute approximate surface area is 388 Å². The number of β-amino-alcohol motifs (C(OH)–C–C–N with tert-alkyl or cyclic N) is 1. The second kappa shape index (κ2) is 20.1. The van der Waals surface area contributed by atoms with Gasteiger partial charge in [0, 0.05) is 63.9 Å². The van der Waals surface area contributed by atoms with Crippen LogP contribution in [0.5, 0.6) is 11.6 Å². The number of ether oxygens (including phenoxy) is 1. The largest absolute Gasteiger partial charge is 0.507 e. The lowest BCUT2D eigenvalue weighted by Crippen LogP contribution is -2.58. The van der Waals surface area contributed by atoms with E-state index >= 15 is 0 Å². The molecule has 66 heavy (non-hydrogen) atoms. The van der Waals surface area contributed by atoms with Gasteiger partial charge in [-0.1, -0.05) is 50.2 Å². The maximum Gasteiger partial charge on any atom is 0.254 e. The molecular weight excluding hydrogens is 861 g/mol. The fourth-order valence-electron chi connectivity index (χ4n) is 10.0. The second-order valence-corrected chi connectivity index (χ2v) is 19.3. The number of hydrogen-bond acceptors (Lipinski definition) is 16. The van der Waals surface area contributed by atoms with Crippen molar-refractivity contribution in [3.8, 4) is 33.3 Å². The van der Waals surface area contributed by atoms with Gasteiger partial charge in [-0.05, 0) is 79.2 Å². The van der Waals surface area contributed by atoms with Gasteiger partial charge in [0.2, 0.25) is 11.8 Å². The fraction of sp³-hybridized carbons (Fsp3) is 0.500. The van der Waals surface area contributed by atoms with Crippen LogP contribution in [0.15, 0.2) is 70.7 Å². The zero-order chi connectivity index (χ0) is 45.9. The van der Waals surface area contributed by atoms with Crippen molar-refractivity contribution in [3.63, 3.8) is 0 Å². The molecule has 3 saturated heterocycles. The first-order valence-electron chi connectivity index (χ1n) is 23.1. The Morgan fingerprint density at radius 1 is 1.02 bits per heavy atom. The van der Waals surface area contributed by atoms with Crippen molar-refractivity contribution in [2.45, 2.75) is 70.2 Å². The number of fused-ring (bicyclic) bond motifs is 3. The summed E-state index contributed by atoms with van der Waals surface area (Å²) in [6.45, 7) is 13.3. The number of phenols is 1. The van der Waals surface area contributed by atoms with Gasteiger partial charge in [-0.2, -0.15) is 0 Å². The number of amides is 2. The van der Waals surface area contributed by atoms with Crippen molar-refractivity contribution in [3.05, 3.63) is 83.2 Å². The number of aromatic nitrogens is 4. The molecule has 0 aliphatic carbocycles. The third-order valence-corrected chi connectivity index (χ3v) is 14.6. The summed E-state index contributed by atoms with van der Waals surface area (Å²) in [6.07, 6.45) is 1.43. The lowest BCUT2D eigenvalue weighted by atomic mass is 9.91. The summed E-state index contributed by atoms with van der Waals surface area (Å²) in [4.78, 5) is 42.3. The molecule has 2 amide bonds. The number of phenolic OH excluding ortho intramolecular Hbond substituents is 1. The number of para-hydroxylation sites is 1. The number of carbonyl (C=O) groups is 2. The van der Waals surface area contributed by atoms with E-state index in [1.54, 1.807) is 35.0 Å². The van der Waals surface area contributed by atoms with Crippen molar-refractivity contribution < 1.29 is 34.2 Å². The summed E-state index contributed by atoms with van der Waals surface area (Å²) in [5.41, 5.74) is 6.85. The van der Waals surface area contributed by atoms with Crippen LogP contribution in [0, 0.1) is 18.8 Å². The van der Waals surface area contributed by atoms with Crippen molar-refractivity contribution in [1.29, 1.82) is 0 Å². The summed E-state index contributed by atoms with van der Waals surface area (Å²) < 4.78 is 11.8. The Morgan fingerprint density at radius 2 is 1.82 bits per heavy atom. The topological polar surface area (TPSA) is 206 Å². The number of nitrogens with one attached hydrogen (secondary N) is 2. The summed E-state index contributed by atoms with van der Waals surface area (Å²) in [5.74, 6) is 0.513. The molecule has 9 rings (SSSR count). The molecule has 7 heterocycles. The number of likely N-dealkylation sites (tertiary alicyclic amines) is 2. The van der Waals surface area contributed by atoms with E-state index in [-0.39, 0.29) is 37.1 Å². The van der Waals surface area contributed by atoms with E-state index in [0.717, 1.165) is 98.4 Å². The third kappa shape index (κ3) is 9.88. The molecule has 0 spiro atoms. The number of benzene rings is 2. The van der Waals surface area contributed by atoms with Crippen LogP contribution in [-0.4, -0.2) is 152 Å². The van der Waals surface area contributed by atoms with Crippen LogP contribution < -0.4 is 20.3 Å². The van der Waals surface area contributed by atoms with Crippen LogP contribution in [0.2, 0.25) is 0 Å². The molecule has 350 valence electrons. The van der Waals surface area contributed by atoms with E-state index < -0.39 is 30.0 Å². The average Bonchev–Trinajstić information content (AvgIpc) is 4.08. The van der Waals surface area contributed by atoms with Gasteiger partial charge in [0.1, 0.15) is 24.3 Å². The van der Waals surface area contributed by atoms with Crippen LogP contribution >= 0.6 is 11.3 Å². The SMILES string of the molecule is Cc1ncsc1-c1ccc([C@H](CO)NC(=O)[C@@H]2C[C@@H](O)CN2C(=O)[C@H](c2cc(OCCN3CCC(CN4CCN5c6cc(-c7ccccc7O)nnc6NC[C@H]5C4)CC3)no2)C(C)C)cc1. The number of aryl methyl sites for hydroxylation is 1. The normalized spacial score (nSPS) is 21.3. The number of piperazine rings is 1. The molecule has 5 N–H and O–H groups in total. The first-order valence-corrected chi connectivity index (χ1v) is 24.0. The highest BCUT2D eigenvalue weighted by molar-refractivity contribution is 7.13. The summed E-state index contributed by atoms with van der Waals surface area (Å²) >= 11 is 1.55. The smallest absolute Gasteiger partial charge is 0.254 e. The summed E-state index contributed by atoms with van der Waals surface area (Å²) in [5, 5.41) is 50.8. The molecule has 5 atom stereocenters. The minimum absolute atomic E-state index is 0.00424. The van der Waals surface area contributed by atoms with E-state index in [2.05, 4.69) is 45.7 Å². The van der Waals surface area contributed by atoms with Crippen LogP contribution in [0.3, 0.4) is 0 Å². The standard InChI is InChI=1S/C48H60N10O7S/c1-29(2)44(48(63)58-26-35(60)20-40(58)47(62)51-38(27-59)32-8-10-33(11-9-32)45-30(3)50-28-66-45)42-22-43(54-65-42)64-19-18-55-14-12-31(13-15-55)24-56-16-17-57-34(25-56)23-49-46-39(57)21-37(52-53-46)36-6-4-5-7-41(36)61/h4-11,21-22,28-29,31,34-35,38,40,44,59-61H,12-20,23-27H2,1-3H3,(H,49,53)(H,51,62)/t34-,35+,38-,40-,44-/m0/s1. The molecule has 0 saturated carbocycles. The maximum absolute atomic E-state index is 14.2. The van der Waals surface area contributed by atoms with Crippen molar-refractivity contribution >= 4 is 34.7 Å². The molecule has 5 aromatic rings. The van der Waals surface area contributed by atoms with Gasteiger partial charge in [-0.25, -0.2) is 4.98 Å². The fourth-order valence-corrected chi connectivity index (χ4v) is 10.8.